The van der Waals surface area contributed by atoms with Crippen LogP contribution in [0.5, 0.6) is 0 Å². The Hall–Kier alpha value is -1.54. The minimum absolute atomic E-state index is 8.55. The second-order valence-corrected chi connectivity index (χ2v) is 7.83. The van der Waals surface area contributed by atoms with E-state index in [0.717, 1.165) is 0 Å². The normalized spacial score (nSPS) is 47.1. The summed E-state index contributed by atoms with van der Waals surface area (Å²) in [6, 6.07) is 0. The molecule has 0 aromatic heterocycles. The molecule has 0 saturated heterocycles. The van der Waals surface area contributed by atoms with E-state index < -0.39 is 76.0 Å². The third-order valence-corrected chi connectivity index (χ3v) is 6.61. The van der Waals surface area contributed by atoms with Gasteiger partial charge in [-0.25, -0.2) is 35.1 Å². The Balaban J connectivity index is 2.91. The third kappa shape index (κ3) is 1.69. The number of hydrogen-bond acceptors (Lipinski definition) is 0. The fraction of sp³-hybridized carbons (Fsp3) is 1.00. The van der Waals surface area contributed by atoms with Crippen molar-refractivity contribution < 1.29 is 96.6 Å². The third-order valence-electron chi connectivity index (χ3n) is 6.61. The van der Waals surface area contributed by atoms with Gasteiger partial charge in [-0.05, 0) is 0 Å². The minimum atomic E-state index is -9.51. The zero-order valence-electron chi connectivity index (χ0n) is 14.8. The van der Waals surface area contributed by atoms with Crippen LogP contribution in [0.15, 0.2) is 0 Å². The van der Waals surface area contributed by atoms with Crippen molar-refractivity contribution in [3.05, 3.63) is 0 Å². The molecule has 206 valence electrons. The Morgan fingerprint density at radius 2 is 0.600 bits per heavy atom. The summed E-state index contributed by atoms with van der Waals surface area (Å²) in [4.78, 5) is 0. The van der Waals surface area contributed by atoms with Crippen LogP contribution in [0.4, 0.5) is 96.6 Å². The van der Waals surface area contributed by atoms with E-state index in [9.17, 15) is 92.2 Å². The van der Waals surface area contributed by atoms with Gasteiger partial charge < -0.3 is 0 Å². The first-order valence-electron chi connectivity index (χ1n) is 7.91. The number of halogens is 22. The summed E-state index contributed by atoms with van der Waals surface area (Å²) in [5, 5.41) is 0. The van der Waals surface area contributed by atoms with Crippen molar-refractivity contribution in [2.24, 2.45) is 5.41 Å². The molecule has 4 rings (SSSR count). The molecule has 0 nitrogen and oxygen atoms in total. The van der Waals surface area contributed by atoms with E-state index in [0.29, 0.717) is 0 Å². The van der Waals surface area contributed by atoms with Crippen molar-refractivity contribution in [1.82, 2.24) is 0 Å². The lowest BCUT2D eigenvalue weighted by molar-refractivity contribution is -0.638. The summed E-state index contributed by atoms with van der Waals surface area (Å²) in [6.07, 6.45) is -17.5. The molecule has 4 saturated carbocycles. The molecule has 4 bridgehead atoms. The number of rotatable bonds is 1. The molecule has 3 atom stereocenters. The molecule has 0 aromatic carbocycles. The average molecular weight is 574 g/mol. The topological polar surface area (TPSA) is 0 Å². The second kappa shape index (κ2) is 5.50. The van der Waals surface area contributed by atoms with Gasteiger partial charge in [0.2, 0.25) is 5.41 Å². The van der Waals surface area contributed by atoms with Crippen molar-refractivity contribution in [2.45, 2.75) is 70.6 Å². The van der Waals surface area contributed by atoms with E-state index in [1.54, 1.807) is 0 Å². The van der Waals surface area contributed by atoms with E-state index in [4.69, 9.17) is 0 Å². The van der Waals surface area contributed by atoms with Crippen molar-refractivity contribution in [3.8, 4) is 0 Å². The van der Waals surface area contributed by atoms with E-state index in [-0.39, 0.29) is 0 Å². The van der Waals surface area contributed by atoms with E-state index in [1.807, 2.05) is 0 Å². The Morgan fingerprint density at radius 3 is 0.829 bits per heavy atom. The predicted molar refractivity (Wildman–Crippen MR) is 59.6 cm³/mol. The smallest absolute Gasteiger partial charge is 0.231 e. The van der Waals surface area contributed by atoms with Gasteiger partial charge in [0.15, 0.2) is 0 Å². The van der Waals surface area contributed by atoms with Crippen LogP contribution in [0, 0.1) is 5.41 Å². The van der Waals surface area contributed by atoms with Crippen LogP contribution >= 0.6 is 0 Å². The summed E-state index contributed by atoms with van der Waals surface area (Å²) in [5.74, 6) is -53.8. The molecule has 0 radical (unpaired) electrons. The predicted octanol–water partition coefficient (Wildman–Crippen LogP) is 6.78. The maximum atomic E-state index is 15.2. The first kappa shape index (κ1) is 28.0. The quantitative estimate of drug-likeness (QED) is 0.303. The monoisotopic (exact) mass is 574 g/mol. The molecule has 0 aliphatic heterocycles. The lowest BCUT2D eigenvalue weighted by Crippen LogP contribution is -3.11. The first-order valence-corrected chi connectivity index (χ1v) is 7.91. The lowest BCUT2D eigenvalue weighted by atomic mass is 9.32. The molecule has 3 unspecified atom stereocenters. The Bertz CT molecular complexity index is 923. The van der Waals surface area contributed by atoms with Crippen molar-refractivity contribution in [3.63, 3.8) is 0 Å². The zero-order chi connectivity index (χ0) is 28.5. The van der Waals surface area contributed by atoms with Crippen molar-refractivity contribution in [1.29, 1.82) is 0 Å². The maximum absolute atomic E-state index is 15.2. The molecule has 0 N–H and O–H groups in total. The van der Waals surface area contributed by atoms with Crippen LogP contribution in [0.3, 0.4) is 0 Å². The highest BCUT2D eigenvalue weighted by Gasteiger charge is 3.26. The van der Waals surface area contributed by atoms with Crippen LogP contribution in [0.2, 0.25) is 0 Å². The molecule has 35 heavy (non-hydrogen) atoms. The molecule has 0 amide bonds. The molecular formula is C13F22. The van der Waals surface area contributed by atoms with Gasteiger partial charge in [0.05, 0.1) is 0 Å². The van der Waals surface area contributed by atoms with Gasteiger partial charge in [-0.2, -0.15) is 61.5 Å². The fourth-order valence-electron chi connectivity index (χ4n) is 5.13. The van der Waals surface area contributed by atoms with Gasteiger partial charge in [-0.3, -0.25) is 0 Å². The summed E-state index contributed by atoms with van der Waals surface area (Å²) < 4.78 is 309. The van der Waals surface area contributed by atoms with E-state index >= 15 is 4.39 Å². The Kier molecular flexibility index (Phi) is 4.40. The second-order valence-electron chi connectivity index (χ2n) is 7.83. The highest BCUT2D eigenvalue weighted by molar-refractivity contribution is 5.56. The van der Waals surface area contributed by atoms with Gasteiger partial charge in [0, 0.05) is 0 Å². The average Bonchev–Trinajstić information content (AvgIpc) is 2.59. The maximum Gasteiger partial charge on any atom is 0.456 e. The van der Waals surface area contributed by atoms with Crippen molar-refractivity contribution >= 4 is 0 Å². The van der Waals surface area contributed by atoms with Crippen LogP contribution < -0.4 is 0 Å². The summed E-state index contributed by atoms with van der Waals surface area (Å²) >= 11 is 0. The van der Waals surface area contributed by atoms with E-state index in [2.05, 4.69) is 0 Å². The van der Waals surface area contributed by atoms with Crippen LogP contribution in [0.25, 0.3) is 0 Å². The van der Waals surface area contributed by atoms with Crippen LogP contribution in [-0.2, 0) is 0 Å². The first-order chi connectivity index (χ1) is 14.8. The number of alkyl halides is 22. The number of hydrogen-bond donors (Lipinski definition) is 0. The SMILES string of the molecule is FC(F)(F)C(F)(F)C1(F)C2(F)C(F)(F)C3(F)C(F)(F)C(F)(C2(F)F)C(F)(F)C1(C(F)(F)F)C3(F)F. The highest BCUT2D eigenvalue weighted by atomic mass is 19.4. The molecule has 0 heterocycles. The largest absolute Gasteiger partial charge is 0.456 e. The minimum Gasteiger partial charge on any atom is -0.231 e. The van der Waals surface area contributed by atoms with Crippen molar-refractivity contribution in [2.75, 3.05) is 0 Å². The molecule has 0 aromatic rings. The fourth-order valence-corrected chi connectivity index (χ4v) is 5.13. The van der Waals surface area contributed by atoms with Gasteiger partial charge in [0.1, 0.15) is 0 Å². The summed E-state index contributed by atoms with van der Waals surface area (Å²) in [7, 11) is 0. The van der Waals surface area contributed by atoms with Crippen LogP contribution in [0.1, 0.15) is 0 Å². The van der Waals surface area contributed by atoms with Gasteiger partial charge in [-0.1, -0.05) is 0 Å². The molecule has 4 fully saturated rings. The highest BCUT2D eigenvalue weighted by Crippen LogP contribution is 2.94. The molecule has 22 heteroatoms. The molecule has 4 aliphatic rings. The Morgan fingerprint density at radius 1 is 0.343 bits per heavy atom. The van der Waals surface area contributed by atoms with E-state index in [1.165, 1.54) is 0 Å². The van der Waals surface area contributed by atoms with Gasteiger partial charge >= 0.3 is 59.2 Å². The van der Waals surface area contributed by atoms with Gasteiger partial charge in [-0.15, -0.1) is 0 Å². The summed E-state index contributed by atoms with van der Waals surface area (Å²) in [6.45, 7) is 0. The summed E-state index contributed by atoms with van der Waals surface area (Å²) in [5.41, 5.74) is -45.4. The molecular weight excluding hydrogens is 574 g/mol. The van der Waals surface area contributed by atoms with Gasteiger partial charge in [0.25, 0.3) is 11.3 Å². The molecule has 4 aliphatic carbocycles. The van der Waals surface area contributed by atoms with Crippen LogP contribution in [-0.4, -0.2) is 70.6 Å². The standard InChI is InChI=1S/C13F22/c14-2(11(28,29)13(33,34)35)1(12(30,31)32)6(18,19)4(16)8(22,23)3(2,15)9(24,25)5(17,7(1,20)21)10(4,26)27. The zero-order valence-corrected chi connectivity index (χ0v) is 14.8. The molecule has 0 spiro atoms. The lowest BCUT2D eigenvalue weighted by Gasteiger charge is -2.77. The Labute approximate surface area is 174 Å².